The van der Waals surface area contributed by atoms with Crippen LogP contribution in [0.1, 0.15) is 59.8 Å². The van der Waals surface area contributed by atoms with Crippen molar-refractivity contribution < 1.29 is 14.3 Å². The van der Waals surface area contributed by atoms with Crippen molar-refractivity contribution in [3.8, 4) is 0 Å². The largest absolute Gasteiger partial charge is 0.444 e. The lowest BCUT2D eigenvalue weighted by atomic mass is 10.2. The predicted octanol–water partition coefficient (Wildman–Crippen LogP) is 2.48. The van der Waals surface area contributed by atoms with Crippen LogP contribution in [0.3, 0.4) is 0 Å². The van der Waals surface area contributed by atoms with Crippen molar-refractivity contribution in [3.05, 3.63) is 0 Å². The second-order valence-corrected chi connectivity index (χ2v) is 7.66. The molecule has 0 unspecified atom stereocenters. The lowest BCUT2D eigenvalue weighted by Gasteiger charge is -2.20. The number of carbonyl (C=O) groups excluding carboxylic acids is 2. The molecule has 2 amide bonds. The van der Waals surface area contributed by atoms with Crippen molar-refractivity contribution in [2.24, 2.45) is 4.99 Å². The number of guanidine groups is 1. The highest BCUT2D eigenvalue weighted by Crippen LogP contribution is 2.11. The third-order valence-electron chi connectivity index (χ3n) is 3.96. The normalized spacial score (nSPS) is 15.4. The summed E-state index contributed by atoms with van der Waals surface area (Å²) in [4.78, 5) is 30.1. The van der Waals surface area contributed by atoms with Crippen molar-refractivity contribution in [2.75, 3.05) is 39.3 Å². The van der Waals surface area contributed by atoms with Crippen LogP contribution in [0.25, 0.3) is 0 Å². The van der Waals surface area contributed by atoms with Crippen LogP contribution < -0.4 is 16.0 Å². The van der Waals surface area contributed by atoms with E-state index in [4.69, 9.17) is 4.74 Å². The van der Waals surface area contributed by atoms with E-state index in [-0.39, 0.29) is 29.9 Å². The average molecular weight is 511 g/mol. The Labute approximate surface area is 186 Å². The van der Waals surface area contributed by atoms with Crippen molar-refractivity contribution in [1.82, 2.24) is 20.9 Å². The van der Waals surface area contributed by atoms with E-state index >= 15 is 0 Å². The fraction of sp³-hybridized carbons (Fsp3) is 0.842. The van der Waals surface area contributed by atoms with E-state index in [9.17, 15) is 9.59 Å². The number of carbonyl (C=O) groups is 2. The predicted molar refractivity (Wildman–Crippen MR) is 123 cm³/mol. The third-order valence-corrected chi connectivity index (χ3v) is 3.96. The first kappa shape index (κ1) is 26.7. The highest BCUT2D eigenvalue weighted by atomic mass is 127. The van der Waals surface area contributed by atoms with Gasteiger partial charge in [-0.1, -0.05) is 6.42 Å². The molecule has 0 bridgehead atoms. The van der Waals surface area contributed by atoms with Crippen LogP contribution in [0.4, 0.5) is 4.79 Å². The number of ether oxygens (including phenoxy) is 1. The molecule has 0 aliphatic carbocycles. The minimum atomic E-state index is -0.497. The number of nitrogens with one attached hydrogen (secondary N) is 3. The molecule has 1 rings (SSSR count). The second-order valence-electron chi connectivity index (χ2n) is 7.66. The first-order valence-electron chi connectivity index (χ1n) is 10.1. The minimum Gasteiger partial charge on any atom is -0.444 e. The van der Waals surface area contributed by atoms with Crippen molar-refractivity contribution in [3.63, 3.8) is 0 Å². The standard InChI is InChI=1S/C19H37N5O3.HI/c1-5-20-17(22-12-13-23-18(26)27-19(2,3)4)21-11-9-15-24-14-8-6-7-10-16(24)25;/h5-15H2,1-4H3,(H,23,26)(H2,20,21,22);1H. The molecule has 1 heterocycles. The van der Waals surface area contributed by atoms with E-state index in [0.29, 0.717) is 32.0 Å². The second kappa shape index (κ2) is 14.7. The summed E-state index contributed by atoms with van der Waals surface area (Å²) in [5.41, 5.74) is -0.497. The molecule has 0 aromatic carbocycles. The Bertz CT molecular complexity index is 494. The van der Waals surface area contributed by atoms with Crippen molar-refractivity contribution in [2.45, 2.75) is 65.4 Å². The van der Waals surface area contributed by atoms with Crippen LogP contribution in [0.2, 0.25) is 0 Å². The SMILES string of the molecule is CCNC(=NCCCN1CCCCCC1=O)NCCNC(=O)OC(C)(C)C.I. The third kappa shape index (κ3) is 13.0. The number of hydrogen-bond acceptors (Lipinski definition) is 4. The molecule has 8 nitrogen and oxygen atoms in total. The van der Waals surface area contributed by atoms with Gasteiger partial charge in [-0.2, -0.15) is 0 Å². The Morgan fingerprint density at radius 3 is 2.54 bits per heavy atom. The van der Waals surface area contributed by atoms with Gasteiger partial charge in [-0.05, 0) is 47.0 Å². The molecule has 0 aromatic rings. The zero-order valence-electron chi connectivity index (χ0n) is 17.8. The summed E-state index contributed by atoms with van der Waals surface area (Å²) in [6.07, 6.45) is 4.36. The molecule has 28 heavy (non-hydrogen) atoms. The van der Waals surface area contributed by atoms with Crippen LogP contribution in [0.15, 0.2) is 4.99 Å². The summed E-state index contributed by atoms with van der Waals surface area (Å²) >= 11 is 0. The molecule has 9 heteroatoms. The maximum absolute atomic E-state index is 12.0. The molecule has 1 aliphatic rings. The smallest absolute Gasteiger partial charge is 0.407 e. The first-order chi connectivity index (χ1) is 12.8. The molecule has 0 atom stereocenters. The summed E-state index contributed by atoms with van der Waals surface area (Å²) in [6, 6.07) is 0. The first-order valence-corrected chi connectivity index (χ1v) is 10.1. The Morgan fingerprint density at radius 2 is 1.86 bits per heavy atom. The van der Waals surface area contributed by atoms with E-state index in [1.165, 1.54) is 0 Å². The van der Waals surface area contributed by atoms with Gasteiger partial charge in [-0.3, -0.25) is 9.79 Å². The molecule has 3 N–H and O–H groups in total. The quantitative estimate of drug-likeness (QED) is 0.202. The monoisotopic (exact) mass is 511 g/mol. The van der Waals surface area contributed by atoms with Gasteiger partial charge in [0.25, 0.3) is 0 Å². The summed E-state index contributed by atoms with van der Waals surface area (Å²) in [5, 5.41) is 9.07. The number of alkyl carbamates (subject to hydrolysis) is 1. The van der Waals surface area contributed by atoms with E-state index in [0.717, 1.165) is 45.3 Å². The van der Waals surface area contributed by atoms with Crippen LogP contribution in [0, 0.1) is 0 Å². The molecule has 0 spiro atoms. The molecule has 0 radical (unpaired) electrons. The van der Waals surface area contributed by atoms with Gasteiger partial charge in [0, 0.05) is 45.7 Å². The summed E-state index contributed by atoms with van der Waals surface area (Å²) in [6.45, 7) is 11.6. The molecule has 1 aliphatic heterocycles. The van der Waals surface area contributed by atoms with Gasteiger partial charge < -0.3 is 25.6 Å². The van der Waals surface area contributed by atoms with E-state index < -0.39 is 11.7 Å². The van der Waals surface area contributed by atoms with Crippen LogP contribution in [-0.2, 0) is 9.53 Å². The topological polar surface area (TPSA) is 95.1 Å². The lowest BCUT2D eigenvalue weighted by molar-refractivity contribution is -0.130. The van der Waals surface area contributed by atoms with Gasteiger partial charge in [0.2, 0.25) is 5.91 Å². The molecule has 0 aromatic heterocycles. The number of rotatable bonds is 8. The lowest BCUT2D eigenvalue weighted by Crippen LogP contribution is -2.42. The molecular formula is C19H38IN5O3. The maximum atomic E-state index is 12.0. The zero-order valence-corrected chi connectivity index (χ0v) is 20.1. The Balaban J connectivity index is 0.00000729. The highest BCUT2D eigenvalue weighted by Gasteiger charge is 2.16. The highest BCUT2D eigenvalue weighted by molar-refractivity contribution is 14.0. The molecule has 1 saturated heterocycles. The Morgan fingerprint density at radius 1 is 1.14 bits per heavy atom. The number of halogens is 1. The molecule has 0 saturated carbocycles. The van der Waals surface area contributed by atoms with E-state index in [2.05, 4.69) is 20.9 Å². The van der Waals surface area contributed by atoms with Gasteiger partial charge in [-0.25, -0.2) is 4.79 Å². The summed E-state index contributed by atoms with van der Waals surface area (Å²) in [7, 11) is 0. The van der Waals surface area contributed by atoms with Crippen LogP contribution in [-0.4, -0.2) is 67.7 Å². The fourth-order valence-corrected chi connectivity index (χ4v) is 2.73. The maximum Gasteiger partial charge on any atom is 0.407 e. The minimum absolute atomic E-state index is 0. The van der Waals surface area contributed by atoms with E-state index in [1.54, 1.807) is 0 Å². The zero-order chi connectivity index (χ0) is 20.1. The van der Waals surface area contributed by atoms with Gasteiger partial charge >= 0.3 is 6.09 Å². The van der Waals surface area contributed by atoms with Gasteiger partial charge in [-0.15, -0.1) is 24.0 Å². The molecular weight excluding hydrogens is 473 g/mol. The average Bonchev–Trinajstić information content (AvgIpc) is 2.78. The number of aliphatic imine (C=N–C) groups is 1. The molecule has 164 valence electrons. The van der Waals surface area contributed by atoms with Gasteiger partial charge in [0.05, 0.1) is 0 Å². The van der Waals surface area contributed by atoms with Crippen molar-refractivity contribution >= 4 is 41.9 Å². The summed E-state index contributed by atoms with van der Waals surface area (Å²) in [5.74, 6) is 0.986. The summed E-state index contributed by atoms with van der Waals surface area (Å²) < 4.78 is 5.19. The van der Waals surface area contributed by atoms with Gasteiger partial charge in [0.15, 0.2) is 5.96 Å². The van der Waals surface area contributed by atoms with Gasteiger partial charge in [0.1, 0.15) is 5.60 Å². The molecule has 1 fully saturated rings. The van der Waals surface area contributed by atoms with Crippen molar-refractivity contribution in [1.29, 1.82) is 0 Å². The van der Waals surface area contributed by atoms with E-state index in [1.807, 2.05) is 32.6 Å². The number of nitrogens with zero attached hydrogens (tertiary/aromatic N) is 2. The fourth-order valence-electron chi connectivity index (χ4n) is 2.73. The Hall–Kier alpha value is -1.26. The number of amides is 2. The van der Waals surface area contributed by atoms with Crippen LogP contribution in [0.5, 0.6) is 0 Å². The number of likely N-dealkylation sites (tertiary alicyclic amines) is 1. The Kier molecular flexibility index (Phi) is 14.0. The number of hydrogen-bond donors (Lipinski definition) is 3. The van der Waals surface area contributed by atoms with Crippen LogP contribution >= 0.6 is 24.0 Å².